The number of nitrogens with zero attached hydrogens (tertiary/aromatic N) is 2. The zero-order valence-corrected chi connectivity index (χ0v) is 35.6. The van der Waals surface area contributed by atoms with Gasteiger partial charge < -0.3 is 26.0 Å². The van der Waals surface area contributed by atoms with Gasteiger partial charge in [0, 0.05) is 56.9 Å². The number of nitrogens with two attached hydrogens (primary N) is 2. The maximum Gasteiger partial charge on any atom is 0.0541 e. The topological polar surface area (TPSA) is 85.8 Å². The van der Waals surface area contributed by atoms with Crippen molar-refractivity contribution in [2.45, 2.75) is 6.54 Å². The molecule has 1 atom stereocenters. The summed E-state index contributed by atoms with van der Waals surface area (Å²) in [5.41, 5.74) is 25.1. The summed E-state index contributed by atoms with van der Waals surface area (Å²) in [4.78, 5) is 0. The molecule has 0 saturated carbocycles. The first-order valence-electron chi connectivity index (χ1n) is 20.6. The van der Waals surface area contributed by atoms with Gasteiger partial charge in [0.2, 0.25) is 0 Å². The summed E-state index contributed by atoms with van der Waals surface area (Å²) in [5.74, 6) is 0. The van der Waals surface area contributed by atoms with E-state index in [4.69, 9.17) is 16.9 Å². The highest BCUT2D eigenvalue weighted by molar-refractivity contribution is 7.23. The SMILES string of the molecule is C=C/C(=C\C(P)=C/c1ccccc1-c1ccccc1N)n1c2ccccc2c2ccccc21.N=Cc1ccccc1.NCc1ccc(-n2c3ccccc3c3ccccc32)cc1. The quantitative estimate of drug-likeness (QED) is 0.0617. The molecule has 0 saturated heterocycles. The number of fused-ring (bicyclic) bond motifs is 6. The molecular formula is C56H48N5P. The molecule has 0 spiro atoms. The van der Waals surface area contributed by atoms with Crippen LogP contribution in [0.5, 0.6) is 0 Å². The predicted octanol–water partition coefficient (Wildman–Crippen LogP) is 13.9. The smallest absolute Gasteiger partial charge is 0.0541 e. The molecule has 8 aromatic carbocycles. The fraction of sp³-hybridized carbons (Fsp3) is 0.0179. The van der Waals surface area contributed by atoms with Gasteiger partial charge in [-0.3, -0.25) is 0 Å². The maximum absolute atomic E-state index is 6.82. The molecule has 1 unspecified atom stereocenters. The van der Waals surface area contributed by atoms with E-state index in [1.807, 2.05) is 60.7 Å². The fourth-order valence-corrected chi connectivity index (χ4v) is 8.30. The molecule has 2 aromatic heterocycles. The van der Waals surface area contributed by atoms with Crippen LogP contribution in [0.2, 0.25) is 0 Å². The highest BCUT2D eigenvalue weighted by Crippen LogP contribution is 2.35. The lowest BCUT2D eigenvalue weighted by Crippen LogP contribution is -1.98. The highest BCUT2D eigenvalue weighted by Gasteiger charge is 2.13. The van der Waals surface area contributed by atoms with Gasteiger partial charge in [0.1, 0.15) is 0 Å². The molecule has 302 valence electrons. The average Bonchev–Trinajstić information content (AvgIpc) is 3.85. The first-order chi connectivity index (χ1) is 30.5. The monoisotopic (exact) mass is 821 g/mol. The van der Waals surface area contributed by atoms with Crippen LogP contribution in [0.25, 0.3) is 72.2 Å². The largest absolute Gasteiger partial charge is 0.398 e. The Balaban J connectivity index is 0.000000154. The average molecular weight is 822 g/mol. The van der Waals surface area contributed by atoms with Crippen LogP contribution in [0.15, 0.2) is 224 Å². The van der Waals surface area contributed by atoms with Crippen molar-refractivity contribution in [3.05, 3.63) is 241 Å². The zero-order valence-electron chi connectivity index (χ0n) is 34.4. The predicted molar refractivity (Wildman–Crippen MR) is 271 cm³/mol. The van der Waals surface area contributed by atoms with Crippen molar-refractivity contribution in [3.63, 3.8) is 0 Å². The summed E-state index contributed by atoms with van der Waals surface area (Å²) in [6.07, 6.45) is 7.57. The van der Waals surface area contributed by atoms with E-state index in [2.05, 4.69) is 183 Å². The Morgan fingerprint density at radius 2 is 1.02 bits per heavy atom. The van der Waals surface area contributed by atoms with Crippen LogP contribution < -0.4 is 11.5 Å². The molecule has 5 nitrogen and oxygen atoms in total. The van der Waals surface area contributed by atoms with Gasteiger partial charge in [0.05, 0.1) is 22.1 Å². The van der Waals surface area contributed by atoms with E-state index in [-0.39, 0.29) is 0 Å². The van der Waals surface area contributed by atoms with E-state index in [0.717, 1.165) is 44.5 Å². The molecule has 0 aliphatic heterocycles. The number of nitrogens with one attached hydrogen (secondary N) is 1. The molecular weight excluding hydrogens is 774 g/mol. The van der Waals surface area contributed by atoms with Gasteiger partial charge in [-0.15, -0.1) is 9.24 Å². The molecule has 10 rings (SSSR count). The third-order valence-electron chi connectivity index (χ3n) is 10.9. The Morgan fingerprint density at radius 1 is 0.548 bits per heavy atom. The second-order valence-corrected chi connectivity index (χ2v) is 15.4. The number of rotatable bonds is 8. The van der Waals surface area contributed by atoms with Crippen molar-refractivity contribution in [2.24, 2.45) is 5.73 Å². The number of benzene rings is 8. The third kappa shape index (κ3) is 8.68. The molecule has 5 N–H and O–H groups in total. The van der Waals surface area contributed by atoms with E-state index in [0.29, 0.717) is 6.54 Å². The van der Waals surface area contributed by atoms with Gasteiger partial charge in [0.15, 0.2) is 0 Å². The minimum atomic E-state index is 0.577. The van der Waals surface area contributed by atoms with E-state index in [1.54, 1.807) is 0 Å². The van der Waals surface area contributed by atoms with Gasteiger partial charge >= 0.3 is 0 Å². The first-order valence-corrected chi connectivity index (χ1v) is 21.1. The third-order valence-corrected chi connectivity index (χ3v) is 11.2. The number of allylic oxidation sites excluding steroid dienone is 4. The Bertz CT molecular complexity index is 3120. The molecule has 62 heavy (non-hydrogen) atoms. The van der Waals surface area contributed by atoms with Crippen LogP contribution in [-0.2, 0) is 6.54 Å². The molecule has 0 fully saturated rings. The number of hydrogen-bond donors (Lipinski definition) is 3. The van der Waals surface area contributed by atoms with Gasteiger partial charge in [-0.1, -0.05) is 164 Å². The normalized spacial score (nSPS) is 11.5. The Hall–Kier alpha value is -7.56. The Labute approximate surface area is 365 Å². The van der Waals surface area contributed by atoms with Crippen LogP contribution in [0, 0.1) is 5.41 Å². The lowest BCUT2D eigenvalue weighted by molar-refractivity contribution is 1.06. The molecule has 0 bridgehead atoms. The van der Waals surface area contributed by atoms with Crippen molar-refractivity contribution >= 4 is 76.5 Å². The maximum atomic E-state index is 6.82. The van der Waals surface area contributed by atoms with Crippen molar-refractivity contribution in [1.29, 1.82) is 5.41 Å². The molecule has 0 radical (unpaired) electrons. The van der Waals surface area contributed by atoms with Gasteiger partial charge in [-0.05, 0) is 88.3 Å². The van der Waals surface area contributed by atoms with E-state index in [1.165, 1.54) is 55.5 Å². The van der Waals surface area contributed by atoms with Gasteiger partial charge in [-0.2, -0.15) is 0 Å². The molecule has 0 aliphatic carbocycles. The van der Waals surface area contributed by atoms with Gasteiger partial charge in [-0.25, -0.2) is 0 Å². The molecule has 0 amide bonds. The van der Waals surface area contributed by atoms with E-state index in [9.17, 15) is 0 Å². The second kappa shape index (κ2) is 19.2. The molecule has 2 heterocycles. The number of aromatic nitrogens is 2. The highest BCUT2D eigenvalue weighted by atomic mass is 31.0. The second-order valence-electron chi connectivity index (χ2n) is 14.8. The Morgan fingerprint density at radius 3 is 1.53 bits per heavy atom. The minimum Gasteiger partial charge on any atom is -0.398 e. The van der Waals surface area contributed by atoms with Crippen LogP contribution in [0.3, 0.4) is 0 Å². The standard InChI is InChI=1S/C30H25N2P.C19H16N2.C7H7N/c1-2-22(32-29-17-9-6-14-26(29)27-15-7-10-18-30(27)32)20-23(33)19-21-11-3-4-12-24(21)25-13-5-8-16-28(25)31;20-13-14-9-11-15(12-10-14)21-18-7-3-1-5-16(18)17-6-2-4-8-19(17)21;8-6-7-4-2-1-3-5-7/h2-20H,1,31,33H2;1-12H,13,20H2;1-6,8H/b22-20+,23-19+;;. The van der Waals surface area contributed by atoms with E-state index >= 15 is 0 Å². The first kappa shape index (κ1) is 41.2. The number of para-hydroxylation sites is 5. The summed E-state index contributed by atoms with van der Waals surface area (Å²) in [5, 5.41) is 12.9. The summed E-state index contributed by atoms with van der Waals surface area (Å²) in [7, 11) is 2.87. The number of anilines is 1. The Kier molecular flexibility index (Phi) is 12.8. The van der Waals surface area contributed by atoms with Crippen LogP contribution >= 0.6 is 9.24 Å². The number of hydrogen-bond acceptors (Lipinski definition) is 3. The van der Waals surface area contributed by atoms with E-state index < -0.39 is 0 Å². The summed E-state index contributed by atoms with van der Waals surface area (Å²) in [6.45, 7) is 4.70. The minimum absolute atomic E-state index is 0.577. The molecule has 0 aliphatic rings. The zero-order chi connectivity index (χ0) is 42.8. The van der Waals surface area contributed by atoms with Gasteiger partial charge in [0.25, 0.3) is 0 Å². The summed E-state index contributed by atoms with van der Waals surface area (Å²) < 4.78 is 4.58. The summed E-state index contributed by atoms with van der Waals surface area (Å²) in [6, 6.07) is 68.4. The van der Waals surface area contributed by atoms with Crippen molar-refractivity contribution in [2.75, 3.05) is 5.73 Å². The fourth-order valence-electron chi connectivity index (χ4n) is 7.95. The van der Waals surface area contributed by atoms with Crippen molar-refractivity contribution in [1.82, 2.24) is 9.13 Å². The molecule has 6 heteroatoms. The van der Waals surface area contributed by atoms with Crippen LogP contribution in [-0.4, -0.2) is 15.3 Å². The molecule has 10 aromatic rings. The lowest BCUT2D eigenvalue weighted by atomic mass is 9.98. The van der Waals surface area contributed by atoms with Crippen LogP contribution in [0.4, 0.5) is 5.69 Å². The van der Waals surface area contributed by atoms with Crippen molar-refractivity contribution in [3.8, 4) is 16.8 Å². The van der Waals surface area contributed by atoms with Crippen molar-refractivity contribution < 1.29 is 0 Å². The van der Waals surface area contributed by atoms with Crippen LogP contribution in [0.1, 0.15) is 16.7 Å². The number of nitrogen functional groups attached to an aromatic ring is 1. The lowest BCUT2D eigenvalue weighted by Gasteiger charge is -2.11. The summed E-state index contributed by atoms with van der Waals surface area (Å²) >= 11 is 0.